The van der Waals surface area contributed by atoms with Crippen molar-refractivity contribution < 1.29 is 0 Å². The Morgan fingerprint density at radius 2 is 1.92 bits per heavy atom. The van der Waals surface area contributed by atoms with Gasteiger partial charge in [-0.15, -0.1) is 0 Å². The molecular weight excluding hydrogens is 148 g/mol. The second kappa shape index (κ2) is 3.74. The third kappa shape index (κ3) is 1.74. The van der Waals surface area contributed by atoms with Gasteiger partial charge in [-0.05, 0) is 31.3 Å². The van der Waals surface area contributed by atoms with E-state index in [1.165, 1.54) is 0 Å². The highest BCUT2D eigenvalue weighted by atomic mass is 14.3. The number of nitrogens with zero attached hydrogens (tertiary/aromatic N) is 2. The van der Waals surface area contributed by atoms with Gasteiger partial charge in [-0.1, -0.05) is 12.2 Å². The van der Waals surface area contributed by atoms with Crippen molar-refractivity contribution in [2.45, 2.75) is 25.7 Å². The summed E-state index contributed by atoms with van der Waals surface area (Å²) in [5.41, 5.74) is 2.39. The predicted molar refractivity (Wildman–Crippen MR) is 45.9 cm³/mol. The summed E-state index contributed by atoms with van der Waals surface area (Å²) in [5, 5.41) is 17.2. The summed E-state index contributed by atoms with van der Waals surface area (Å²) in [4.78, 5) is 0. The SMILES string of the molecule is C=C1CCCC(=C(C#N)C#N)C1. The summed E-state index contributed by atoms with van der Waals surface area (Å²) in [6, 6.07) is 3.84. The fourth-order valence-corrected chi connectivity index (χ4v) is 1.43. The molecule has 0 heterocycles. The maximum atomic E-state index is 8.60. The number of allylic oxidation sites excluding steroid dienone is 3. The Hall–Kier alpha value is -1.54. The summed E-state index contributed by atoms with van der Waals surface area (Å²) in [6.07, 6.45) is 3.70. The second-order valence-corrected chi connectivity index (χ2v) is 2.98. The molecular formula is C10H10N2. The zero-order valence-electron chi connectivity index (χ0n) is 6.93. The van der Waals surface area contributed by atoms with Crippen LogP contribution in [-0.2, 0) is 0 Å². The molecule has 60 valence electrons. The Balaban J connectivity index is 2.88. The average molecular weight is 158 g/mol. The minimum Gasteiger partial charge on any atom is -0.192 e. The number of rotatable bonds is 0. The minimum absolute atomic E-state index is 0.288. The molecule has 0 aromatic heterocycles. The van der Waals surface area contributed by atoms with Gasteiger partial charge < -0.3 is 0 Å². The van der Waals surface area contributed by atoms with Gasteiger partial charge in [-0.25, -0.2) is 0 Å². The van der Waals surface area contributed by atoms with Crippen LogP contribution in [0.3, 0.4) is 0 Å². The molecule has 1 aliphatic rings. The van der Waals surface area contributed by atoms with Gasteiger partial charge in [0.15, 0.2) is 0 Å². The van der Waals surface area contributed by atoms with Gasteiger partial charge in [0, 0.05) is 0 Å². The van der Waals surface area contributed by atoms with Crippen molar-refractivity contribution in [2.75, 3.05) is 0 Å². The topological polar surface area (TPSA) is 47.6 Å². The first kappa shape index (κ1) is 8.56. The summed E-state index contributed by atoms with van der Waals surface area (Å²) < 4.78 is 0. The van der Waals surface area contributed by atoms with E-state index in [0.29, 0.717) is 0 Å². The lowest BCUT2D eigenvalue weighted by Crippen LogP contribution is -1.99. The lowest BCUT2D eigenvalue weighted by atomic mass is 9.89. The fraction of sp³-hybridized carbons (Fsp3) is 0.400. The Bertz CT molecular complexity index is 294. The molecule has 12 heavy (non-hydrogen) atoms. The zero-order valence-corrected chi connectivity index (χ0v) is 6.93. The van der Waals surface area contributed by atoms with E-state index in [9.17, 15) is 0 Å². The Morgan fingerprint density at radius 3 is 2.42 bits per heavy atom. The fourth-order valence-electron chi connectivity index (χ4n) is 1.43. The molecule has 1 aliphatic carbocycles. The molecule has 0 radical (unpaired) electrons. The van der Waals surface area contributed by atoms with Crippen molar-refractivity contribution in [3.05, 3.63) is 23.3 Å². The van der Waals surface area contributed by atoms with E-state index in [1.54, 1.807) is 0 Å². The Kier molecular flexibility index (Phi) is 2.66. The van der Waals surface area contributed by atoms with Crippen molar-refractivity contribution in [3.8, 4) is 12.1 Å². The predicted octanol–water partition coefficient (Wildman–Crippen LogP) is 2.46. The molecule has 1 rings (SSSR count). The van der Waals surface area contributed by atoms with Crippen molar-refractivity contribution in [3.63, 3.8) is 0 Å². The molecule has 0 aromatic rings. The summed E-state index contributed by atoms with van der Waals surface area (Å²) >= 11 is 0. The summed E-state index contributed by atoms with van der Waals surface area (Å²) in [6.45, 7) is 3.86. The van der Waals surface area contributed by atoms with Gasteiger partial charge in [0.25, 0.3) is 0 Å². The monoisotopic (exact) mass is 158 g/mol. The normalized spacial score (nSPS) is 16.5. The van der Waals surface area contributed by atoms with Crippen LogP contribution in [0.4, 0.5) is 0 Å². The van der Waals surface area contributed by atoms with Gasteiger partial charge in [0.05, 0.1) is 0 Å². The van der Waals surface area contributed by atoms with E-state index in [4.69, 9.17) is 10.5 Å². The molecule has 0 unspecified atom stereocenters. The van der Waals surface area contributed by atoms with Gasteiger partial charge in [0.1, 0.15) is 17.7 Å². The van der Waals surface area contributed by atoms with Gasteiger partial charge in [-0.2, -0.15) is 10.5 Å². The highest BCUT2D eigenvalue weighted by molar-refractivity contribution is 5.42. The van der Waals surface area contributed by atoms with Crippen molar-refractivity contribution >= 4 is 0 Å². The molecule has 2 nitrogen and oxygen atoms in total. The quantitative estimate of drug-likeness (QED) is 0.401. The minimum atomic E-state index is 0.288. The number of hydrogen-bond donors (Lipinski definition) is 0. The molecule has 0 atom stereocenters. The molecule has 2 heteroatoms. The first-order chi connectivity index (χ1) is 5.77. The Labute approximate surface area is 72.4 Å². The molecule has 1 saturated carbocycles. The van der Waals surface area contributed by atoms with E-state index in [-0.39, 0.29) is 5.57 Å². The van der Waals surface area contributed by atoms with E-state index >= 15 is 0 Å². The molecule has 0 spiro atoms. The van der Waals surface area contributed by atoms with Gasteiger partial charge in [-0.3, -0.25) is 0 Å². The van der Waals surface area contributed by atoms with Crippen LogP contribution in [0.25, 0.3) is 0 Å². The van der Waals surface area contributed by atoms with Gasteiger partial charge >= 0.3 is 0 Å². The van der Waals surface area contributed by atoms with E-state index < -0.39 is 0 Å². The average Bonchev–Trinajstić information content (AvgIpc) is 2.07. The first-order valence-electron chi connectivity index (χ1n) is 3.96. The lowest BCUT2D eigenvalue weighted by molar-refractivity contribution is 0.712. The van der Waals surface area contributed by atoms with E-state index in [0.717, 1.165) is 36.8 Å². The highest BCUT2D eigenvalue weighted by Gasteiger charge is 2.12. The van der Waals surface area contributed by atoms with Crippen LogP contribution in [0.5, 0.6) is 0 Å². The molecule has 0 aromatic carbocycles. The van der Waals surface area contributed by atoms with Crippen molar-refractivity contribution in [1.29, 1.82) is 10.5 Å². The van der Waals surface area contributed by atoms with Crippen LogP contribution in [0, 0.1) is 22.7 Å². The molecule has 0 N–H and O–H groups in total. The molecule has 0 aliphatic heterocycles. The van der Waals surface area contributed by atoms with Crippen LogP contribution in [0.2, 0.25) is 0 Å². The van der Waals surface area contributed by atoms with Crippen LogP contribution < -0.4 is 0 Å². The first-order valence-corrected chi connectivity index (χ1v) is 3.96. The highest BCUT2D eigenvalue weighted by Crippen LogP contribution is 2.28. The van der Waals surface area contributed by atoms with E-state index in [1.807, 2.05) is 12.1 Å². The van der Waals surface area contributed by atoms with Gasteiger partial charge in [0.2, 0.25) is 0 Å². The Morgan fingerprint density at radius 1 is 1.25 bits per heavy atom. The largest absolute Gasteiger partial charge is 0.192 e. The van der Waals surface area contributed by atoms with Crippen molar-refractivity contribution in [1.82, 2.24) is 0 Å². The standard InChI is InChI=1S/C10H10N2/c1-8-3-2-4-9(5-8)10(6-11)7-12/h1-5H2. The van der Waals surface area contributed by atoms with Crippen LogP contribution >= 0.6 is 0 Å². The van der Waals surface area contributed by atoms with Crippen LogP contribution in [0.1, 0.15) is 25.7 Å². The summed E-state index contributed by atoms with van der Waals surface area (Å²) in [7, 11) is 0. The number of nitriles is 2. The van der Waals surface area contributed by atoms with Crippen LogP contribution in [0.15, 0.2) is 23.3 Å². The smallest absolute Gasteiger partial charge is 0.129 e. The maximum absolute atomic E-state index is 8.60. The lowest BCUT2D eigenvalue weighted by Gasteiger charge is -2.15. The van der Waals surface area contributed by atoms with E-state index in [2.05, 4.69) is 6.58 Å². The van der Waals surface area contributed by atoms with Crippen molar-refractivity contribution in [2.24, 2.45) is 0 Å². The molecule has 1 fully saturated rings. The molecule has 0 bridgehead atoms. The maximum Gasteiger partial charge on any atom is 0.129 e. The van der Waals surface area contributed by atoms with Crippen LogP contribution in [-0.4, -0.2) is 0 Å². The third-order valence-electron chi connectivity index (χ3n) is 2.05. The zero-order chi connectivity index (χ0) is 8.97. The number of hydrogen-bond acceptors (Lipinski definition) is 2. The summed E-state index contributed by atoms with van der Waals surface area (Å²) in [5.74, 6) is 0. The molecule has 0 saturated heterocycles. The third-order valence-corrected chi connectivity index (χ3v) is 2.05. The second-order valence-electron chi connectivity index (χ2n) is 2.98. The molecule has 0 amide bonds.